The first-order valence-corrected chi connectivity index (χ1v) is 7.63. The minimum Gasteiger partial charge on any atom is -0.351 e. The van der Waals surface area contributed by atoms with E-state index < -0.39 is 6.03 Å². The molecule has 2 aromatic carbocycles. The zero-order valence-electron chi connectivity index (χ0n) is 12.3. The molecule has 23 heavy (non-hydrogen) atoms. The van der Waals surface area contributed by atoms with Crippen molar-refractivity contribution in [3.8, 4) is 0 Å². The third-order valence-corrected chi connectivity index (χ3v) is 4.06. The molecule has 0 saturated heterocycles. The normalized spacial score (nSPS) is 19.0. The zero-order valence-corrected chi connectivity index (χ0v) is 13.0. The van der Waals surface area contributed by atoms with Gasteiger partial charge in [-0.15, -0.1) is 0 Å². The second-order valence-electron chi connectivity index (χ2n) is 5.56. The summed E-state index contributed by atoms with van der Waals surface area (Å²) in [6.45, 7) is 0. The first kappa shape index (κ1) is 15.4. The van der Waals surface area contributed by atoms with Crippen LogP contribution in [-0.2, 0) is 4.79 Å². The van der Waals surface area contributed by atoms with Gasteiger partial charge in [0.15, 0.2) is 0 Å². The molecule has 4 N–H and O–H groups in total. The van der Waals surface area contributed by atoms with Crippen LogP contribution < -0.4 is 16.4 Å². The molecule has 1 aliphatic rings. The standard InChI is InChI=1S/C17H16ClN3O2/c18-11-3-1-2-10(8-11)14-9-15(14)16(22)20-12-4-6-13(7-5-12)21-17(19)23/h1-8,14-15H,9H2,(H,20,22)(H3,19,21,23)/t14-,15-/m0/s1. The largest absolute Gasteiger partial charge is 0.351 e. The van der Waals surface area contributed by atoms with Crippen LogP contribution in [0.4, 0.5) is 16.2 Å². The van der Waals surface area contributed by atoms with Crippen molar-refractivity contribution in [2.45, 2.75) is 12.3 Å². The second kappa shape index (κ2) is 6.30. The van der Waals surface area contributed by atoms with Crippen molar-refractivity contribution in [2.75, 3.05) is 10.6 Å². The lowest BCUT2D eigenvalue weighted by molar-refractivity contribution is -0.117. The van der Waals surface area contributed by atoms with E-state index in [4.69, 9.17) is 17.3 Å². The molecule has 5 nitrogen and oxygen atoms in total. The van der Waals surface area contributed by atoms with Crippen LogP contribution >= 0.6 is 11.6 Å². The molecule has 0 bridgehead atoms. The van der Waals surface area contributed by atoms with Crippen LogP contribution in [0.1, 0.15) is 17.9 Å². The molecule has 1 aliphatic carbocycles. The molecule has 1 fully saturated rings. The minimum absolute atomic E-state index is 0.00872. The summed E-state index contributed by atoms with van der Waals surface area (Å²) in [5.74, 6) is 0.187. The number of halogens is 1. The van der Waals surface area contributed by atoms with Crippen molar-refractivity contribution in [1.82, 2.24) is 0 Å². The molecule has 118 valence electrons. The summed E-state index contributed by atoms with van der Waals surface area (Å²) < 4.78 is 0. The lowest BCUT2D eigenvalue weighted by atomic mass is 10.1. The van der Waals surface area contributed by atoms with Gasteiger partial charge in [0, 0.05) is 22.3 Å². The number of benzene rings is 2. The monoisotopic (exact) mass is 329 g/mol. The summed E-state index contributed by atoms with van der Waals surface area (Å²) in [4.78, 5) is 23.0. The van der Waals surface area contributed by atoms with Gasteiger partial charge in [-0.3, -0.25) is 4.79 Å². The fourth-order valence-corrected chi connectivity index (χ4v) is 2.80. The molecular formula is C17H16ClN3O2. The topological polar surface area (TPSA) is 84.2 Å². The first-order chi connectivity index (χ1) is 11.0. The summed E-state index contributed by atoms with van der Waals surface area (Å²) in [7, 11) is 0. The van der Waals surface area contributed by atoms with Crippen LogP contribution in [0.5, 0.6) is 0 Å². The van der Waals surface area contributed by atoms with Gasteiger partial charge in [-0.25, -0.2) is 4.79 Å². The minimum atomic E-state index is -0.621. The van der Waals surface area contributed by atoms with Crippen LogP contribution in [0, 0.1) is 5.92 Å². The zero-order chi connectivity index (χ0) is 16.4. The smallest absolute Gasteiger partial charge is 0.316 e. The Morgan fingerprint density at radius 3 is 2.30 bits per heavy atom. The Hall–Kier alpha value is -2.53. The molecule has 0 spiro atoms. The van der Waals surface area contributed by atoms with E-state index in [1.807, 2.05) is 24.3 Å². The number of urea groups is 1. The van der Waals surface area contributed by atoms with E-state index in [9.17, 15) is 9.59 Å². The third-order valence-electron chi connectivity index (χ3n) is 3.82. The third kappa shape index (κ3) is 3.81. The number of hydrogen-bond acceptors (Lipinski definition) is 2. The number of nitrogens with one attached hydrogen (secondary N) is 2. The molecule has 3 rings (SSSR count). The molecule has 2 atom stereocenters. The Morgan fingerprint density at radius 2 is 1.70 bits per heavy atom. The van der Waals surface area contributed by atoms with Crippen LogP contribution in [-0.4, -0.2) is 11.9 Å². The highest BCUT2D eigenvalue weighted by molar-refractivity contribution is 6.30. The summed E-state index contributed by atoms with van der Waals surface area (Å²) >= 11 is 5.99. The van der Waals surface area contributed by atoms with Crippen LogP contribution in [0.2, 0.25) is 5.02 Å². The molecule has 0 aliphatic heterocycles. The summed E-state index contributed by atoms with van der Waals surface area (Å²) in [5, 5.41) is 6.04. The Morgan fingerprint density at radius 1 is 1.04 bits per heavy atom. The molecular weight excluding hydrogens is 314 g/mol. The van der Waals surface area contributed by atoms with Crippen molar-refractivity contribution in [2.24, 2.45) is 11.7 Å². The lowest BCUT2D eigenvalue weighted by Crippen LogP contribution is -2.19. The van der Waals surface area contributed by atoms with Crippen LogP contribution in [0.25, 0.3) is 0 Å². The van der Waals surface area contributed by atoms with Gasteiger partial charge >= 0.3 is 6.03 Å². The molecule has 6 heteroatoms. The fraction of sp³-hybridized carbons (Fsp3) is 0.176. The van der Waals surface area contributed by atoms with Crippen molar-refractivity contribution in [3.05, 3.63) is 59.1 Å². The predicted molar refractivity (Wildman–Crippen MR) is 90.6 cm³/mol. The van der Waals surface area contributed by atoms with Gasteiger partial charge in [0.1, 0.15) is 0 Å². The molecule has 3 amide bonds. The number of carbonyl (C=O) groups is 2. The van der Waals surface area contributed by atoms with Crippen molar-refractivity contribution in [3.63, 3.8) is 0 Å². The maximum Gasteiger partial charge on any atom is 0.316 e. The Bertz CT molecular complexity index is 746. The van der Waals surface area contributed by atoms with Crippen molar-refractivity contribution in [1.29, 1.82) is 0 Å². The lowest BCUT2D eigenvalue weighted by Gasteiger charge is -2.07. The van der Waals surface area contributed by atoms with Gasteiger partial charge in [0.25, 0.3) is 0 Å². The quantitative estimate of drug-likeness (QED) is 0.801. The maximum absolute atomic E-state index is 12.3. The van der Waals surface area contributed by atoms with E-state index in [0.717, 1.165) is 12.0 Å². The number of primary amides is 1. The van der Waals surface area contributed by atoms with Crippen molar-refractivity contribution < 1.29 is 9.59 Å². The van der Waals surface area contributed by atoms with E-state index in [2.05, 4.69) is 10.6 Å². The van der Waals surface area contributed by atoms with Gasteiger partial charge in [-0.05, 0) is 54.3 Å². The maximum atomic E-state index is 12.3. The van der Waals surface area contributed by atoms with Crippen LogP contribution in [0.3, 0.4) is 0 Å². The van der Waals surface area contributed by atoms with Crippen LogP contribution in [0.15, 0.2) is 48.5 Å². The van der Waals surface area contributed by atoms with E-state index >= 15 is 0 Å². The SMILES string of the molecule is NC(=O)Nc1ccc(NC(=O)[C@H]2C[C@H]2c2cccc(Cl)c2)cc1. The fourth-order valence-electron chi connectivity index (χ4n) is 2.60. The molecule has 0 unspecified atom stereocenters. The summed E-state index contributed by atoms with van der Waals surface area (Å²) in [6, 6.07) is 13.8. The average molecular weight is 330 g/mol. The van der Waals surface area contributed by atoms with E-state index in [1.165, 1.54) is 0 Å². The average Bonchev–Trinajstić information content (AvgIpc) is 3.29. The van der Waals surface area contributed by atoms with E-state index in [1.54, 1.807) is 24.3 Å². The van der Waals surface area contributed by atoms with Gasteiger partial charge in [-0.2, -0.15) is 0 Å². The number of anilines is 2. The van der Waals surface area contributed by atoms with E-state index in [0.29, 0.717) is 16.4 Å². The van der Waals surface area contributed by atoms with E-state index in [-0.39, 0.29) is 17.7 Å². The Balaban J connectivity index is 1.59. The number of nitrogens with two attached hydrogens (primary N) is 1. The number of hydrogen-bond donors (Lipinski definition) is 3. The molecule has 2 aromatic rings. The number of amides is 3. The highest BCUT2D eigenvalue weighted by atomic mass is 35.5. The highest BCUT2D eigenvalue weighted by Gasteiger charge is 2.43. The first-order valence-electron chi connectivity index (χ1n) is 7.26. The highest BCUT2D eigenvalue weighted by Crippen LogP contribution is 2.48. The number of carbonyl (C=O) groups excluding carboxylic acids is 2. The molecule has 0 heterocycles. The van der Waals surface area contributed by atoms with Crippen molar-refractivity contribution >= 4 is 34.9 Å². The predicted octanol–water partition coefficient (Wildman–Crippen LogP) is 3.57. The van der Waals surface area contributed by atoms with Gasteiger partial charge in [0.05, 0.1) is 0 Å². The molecule has 1 saturated carbocycles. The van der Waals surface area contributed by atoms with Gasteiger partial charge < -0.3 is 16.4 Å². The summed E-state index contributed by atoms with van der Waals surface area (Å²) in [5.41, 5.74) is 7.40. The van der Waals surface area contributed by atoms with Gasteiger partial charge in [-0.1, -0.05) is 23.7 Å². The number of rotatable bonds is 4. The van der Waals surface area contributed by atoms with Gasteiger partial charge in [0.2, 0.25) is 5.91 Å². The second-order valence-corrected chi connectivity index (χ2v) is 6.00. The molecule has 0 aromatic heterocycles. The summed E-state index contributed by atoms with van der Waals surface area (Å²) in [6.07, 6.45) is 0.827. The Labute approximate surface area is 138 Å². The Kier molecular flexibility index (Phi) is 4.21. The molecule has 0 radical (unpaired) electrons.